The lowest BCUT2D eigenvalue weighted by Crippen LogP contribution is -2.24. The number of amides is 2. The first-order valence-electron chi connectivity index (χ1n) is 4.65. The van der Waals surface area contributed by atoms with Crippen molar-refractivity contribution in [1.29, 1.82) is 0 Å². The third-order valence-electron chi connectivity index (χ3n) is 2.30. The fourth-order valence-corrected chi connectivity index (χ4v) is 1.58. The van der Waals surface area contributed by atoms with Gasteiger partial charge in [0.05, 0.1) is 0 Å². The first-order valence-corrected chi connectivity index (χ1v) is 4.65. The second-order valence-corrected chi connectivity index (χ2v) is 3.25. The smallest absolute Gasteiger partial charge is 0.318 e. The quantitative estimate of drug-likeness (QED) is 0.628. The Morgan fingerprint density at radius 1 is 1.50 bits per heavy atom. The summed E-state index contributed by atoms with van der Waals surface area (Å²) in [5.41, 5.74) is 3.28. The molecule has 14 heavy (non-hydrogen) atoms. The number of benzene rings is 1. The summed E-state index contributed by atoms with van der Waals surface area (Å²) in [5, 5.41) is 8.53. The highest BCUT2D eigenvalue weighted by atomic mass is 16.2. The molecule has 4 heteroatoms. The number of hydrogen-bond donors (Lipinski definition) is 3. The molecule has 0 radical (unpaired) electrons. The van der Waals surface area contributed by atoms with Crippen LogP contribution in [0.25, 0.3) is 0 Å². The van der Waals surface area contributed by atoms with Crippen molar-refractivity contribution in [3.05, 3.63) is 23.8 Å². The first-order chi connectivity index (χ1) is 6.79. The van der Waals surface area contributed by atoms with Crippen molar-refractivity contribution >= 4 is 17.4 Å². The predicted molar refractivity (Wildman–Crippen MR) is 56.7 cm³/mol. The topological polar surface area (TPSA) is 53.2 Å². The average molecular weight is 191 g/mol. The highest BCUT2D eigenvalue weighted by molar-refractivity contribution is 5.89. The van der Waals surface area contributed by atoms with Crippen LogP contribution in [0.3, 0.4) is 0 Å². The van der Waals surface area contributed by atoms with Crippen molar-refractivity contribution in [3.63, 3.8) is 0 Å². The van der Waals surface area contributed by atoms with Crippen LogP contribution in [0, 0.1) is 0 Å². The minimum absolute atomic E-state index is 0.184. The first kappa shape index (κ1) is 8.87. The fraction of sp³-hybridized carbons (Fsp3) is 0.300. The largest absolute Gasteiger partial charge is 0.384 e. The van der Waals surface area contributed by atoms with Gasteiger partial charge in [-0.05, 0) is 30.2 Å². The van der Waals surface area contributed by atoms with E-state index in [1.807, 2.05) is 18.2 Å². The van der Waals surface area contributed by atoms with Crippen LogP contribution in [-0.4, -0.2) is 19.6 Å². The second kappa shape index (κ2) is 3.57. The molecule has 3 N–H and O–H groups in total. The maximum atomic E-state index is 11.0. The fourth-order valence-electron chi connectivity index (χ4n) is 1.58. The molecule has 0 aliphatic carbocycles. The molecule has 0 bridgehead atoms. The zero-order valence-electron chi connectivity index (χ0n) is 8.05. The molecule has 1 heterocycles. The van der Waals surface area contributed by atoms with Gasteiger partial charge < -0.3 is 16.0 Å². The number of urea groups is 1. The van der Waals surface area contributed by atoms with Gasteiger partial charge in [-0.1, -0.05) is 0 Å². The molecule has 0 atom stereocenters. The van der Waals surface area contributed by atoms with Crippen molar-refractivity contribution in [3.8, 4) is 0 Å². The van der Waals surface area contributed by atoms with E-state index in [1.54, 1.807) is 7.05 Å². The van der Waals surface area contributed by atoms with E-state index in [4.69, 9.17) is 0 Å². The number of carbonyl (C=O) groups is 1. The maximum Gasteiger partial charge on any atom is 0.318 e. The number of rotatable bonds is 1. The SMILES string of the molecule is CNC(=O)Nc1ccc2c(c1)CCN2. The number of fused-ring (bicyclic) bond motifs is 1. The molecule has 0 saturated heterocycles. The Morgan fingerprint density at radius 2 is 2.36 bits per heavy atom. The van der Waals surface area contributed by atoms with Crippen LogP contribution in [0.15, 0.2) is 18.2 Å². The molecule has 0 aromatic heterocycles. The van der Waals surface area contributed by atoms with Crippen molar-refractivity contribution in [1.82, 2.24) is 5.32 Å². The maximum absolute atomic E-state index is 11.0. The van der Waals surface area contributed by atoms with E-state index < -0.39 is 0 Å². The number of anilines is 2. The monoisotopic (exact) mass is 191 g/mol. The van der Waals surface area contributed by atoms with Gasteiger partial charge in [-0.3, -0.25) is 0 Å². The lowest BCUT2D eigenvalue weighted by atomic mass is 10.1. The van der Waals surface area contributed by atoms with Gasteiger partial charge in [0.1, 0.15) is 0 Å². The predicted octanol–water partition coefficient (Wildman–Crippen LogP) is 1.41. The Kier molecular flexibility index (Phi) is 2.26. The molecule has 4 nitrogen and oxygen atoms in total. The van der Waals surface area contributed by atoms with Crippen LogP contribution < -0.4 is 16.0 Å². The molecule has 1 aromatic carbocycles. The van der Waals surface area contributed by atoms with Gasteiger partial charge in [-0.2, -0.15) is 0 Å². The van der Waals surface area contributed by atoms with Gasteiger partial charge in [0, 0.05) is 25.0 Å². The molecule has 2 amide bonds. The number of nitrogens with one attached hydrogen (secondary N) is 3. The van der Waals surface area contributed by atoms with E-state index in [0.717, 1.165) is 18.7 Å². The molecule has 74 valence electrons. The van der Waals surface area contributed by atoms with Gasteiger partial charge >= 0.3 is 6.03 Å². The third kappa shape index (κ3) is 1.64. The van der Waals surface area contributed by atoms with Crippen LogP contribution in [0.1, 0.15) is 5.56 Å². The standard InChI is InChI=1S/C10H13N3O/c1-11-10(14)13-8-2-3-9-7(6-8)4-5-12-9/h2-3,6,12H,4-5H2,1H3,(H2,11,13,14). The van der Waals surface area contributed by atoms with Gasteiger partial charge in [-0.15, -0.1) is 0 Å². The van der Waals surface area contributed by atoms with E-state index >= 15 is 0 Å². The number of hydrogen-bond acceptors (Lipinski definition) is 2. The van der Waals surface area contributed by atoms with E-state index in [-0.39, 0.29) is 6.03 Å². The van der Waals surface area contributed by atoms with Crippen LogP contribution in [0.2, 0.25) is 0 Å². The summed E-state index contributed by atoms with van der Waals surface area (Å²) in [6.07, 6.45) is 1.03. The summed E-state index contributed by atoms with van der Waals surface area (Å²) in [4.78, 5) is 11.0. The van der Waals surface area contributed by atoms with Crippen molar-refractivity contribution in [2.75, 3.05) is 24.2 Å². The zero-order chi connectivity index (χ0) is 9.97. The Morgan fingerprint density at radius 3 is 3.14 bits per heavy atom. The molecule has 0 spiro atoms. The summed E-state index contributed by atoms with van der Waals surface area (Å²) in [7, 11) is 1.60. The van der Waals surface area contributed by atoms with Crippen molar-refractivity contribution in [2.24, 2.45) is 0 Å². The Balaban J connectivity index is 2.16. The van der Waals surface area contributed by atoms with Crippen LogP contribution >= 0.6 is 0 Å². The van der Waals surface area contributed by atoms with Crippen molar-refractivity contribution in [2.45, 2.75) is 6.42 Å². The average Bonchev–Trinajstić information content (AvgIpc) is 2.64. The Labute approximate surface area is 82.7 Å². The normalized spacial score (nSPS) is 12.9. The van der Waals surface area contributed by atoms with Crippen LogP contribution in [-0.2, 0) is 6.42 Å². The van der Waals surface area contributed by atoms with E-state index in [2.05, 4.69) is 16.0 Å². The molecular weight excluding hydrogens is 178 g/mol. The summed E-state index contributed by atoms with van der Waals surface area (Å²) in [6.45, 7) is 0.985. The summed E-state index contributed by atoms with van der Waals surface area (Å²) >= 11 is 0. The minimum atomic E-state index is -0.184. The Hall–Kier alpha value is -1.71. The highest BCUT2D eigenvalue weighted by Gasteiger charge is 2.10. The van der Waals surface area contributed by atoms with Gasteiger partial charge in [0.2, 0.25) is 0 Å². The molecular formula is C10H13N3O. The summed E-state index contributed by atoms with van der Waals surface area (Å²) < 4.78 is 0. The molecule has 1 aliphatic heterocycles. The van der Waals surface area contributed by atoms with Gasteiger partial charge in [0.25, 0.3) is 0 Å². The van der Waals surface area contributed by atoms with Crippen LogP contribution in [0.5, 0.6) is 0 Å². The zero-order valence-corrected chi connectivity index (χ0v) is 8.05. The molecule has 0 unspecified atom stereocenters. The third-order valence-corrected chi connectivity index (χ3v) is 2.30. The molecule has 0 saturated carbocycles. The van der Waals surface area contributed by atoms with Gasteiger partial charge in [-0.25, -0.2) is 4.79 Å². The lowest BCUT2D eigenvalue weighted by Gasteiger charge is -2.06. The molecule has 2 rings (SSSR count). The summed E-state index contributed by atoms with van der Waals surface area (Å²) in [6, 6.07) is 5.71. The molecule has 1 aliphatic rings. The lowest BCUT2D eigenvalue weighted by molar-refractivity contribution is 0.254. The van der Waals surface area contributed by atoms with E-state index in [9.17, 15) is 4.79 Å². The van der Waals surface area contributed by atoms with Crippen LogP contribution in [0.4, 0.5) is 16.2 Å². The molecule has 0 fully saturated rings. The van der Waals surface area contributed by atoms with E-state index in [1.165, 1.54) is 11.3 Å². The van der Waals surface area contributed by atoms with E-state index in [0.29, 0.717) is 0 Å². The van der Waals surface area contributed by atoms with Crippen molar-refractivity contribution < 1.29 is 4.79 Å². The minimum Gasteiger partial charge on any atom is -0.384 e. The Bertz CT molecular complexity index is 362. The molecule has 1 aromatic rings. The van der Waals surface area contributed by atoms with Gasteiger partial charge in [0.15, 0.2) is 0 Å². The number of carbonyl (C=O) groups excluding carboxylic acids is 1. The highest BCUT2D eigenvalue weighted by Crippen LogP contribution is 2.24. The summed E-state index contributed by atoms with van der Waals surface area (Å²) in [5.74, 6) is 0. The second-order valence-electron chi connectivity index (χ2n) is 3.25.